The molecule has 0 aliphatic heterocycles. The van der Waals surface area contributed by atoms with E-state index < -0.39 is 0 Å². The molecule has 1 aromatic heterocycles. The summed E-state index contributed by atoms with van der Waals surface area (Å²) in [6.45, 7) is 0.504. The maximum atomic E-state index is 5.38. The monoisotopic (exact) mass is 211 g/mol. The van der Waals surface area contributed by atoms with Gasteiger partial charge >= 0.3 is 0 Å². The van der Waals surface area contributed by atoms with Gasteiger partial charge in [-0.2, -0.15) is 0 Å². The molecule has 0 radical (unpaired) electrons. The lowest BCUT2D eigenvalue weighted by Gasteiger charge is -1.99. The Bertz CT molecular complexity index is 437. The van der Waals surface area contributed by atoms with E-state index in [1.807, 2.05) is 54.6 Å². The molecule has 0 bridgehead atoms. The van der Waals surface area contributed by atoms with Gasteiger partial charge in [-0.1, -0.05) is 36.4 Å². The Morgan fingerprint density at radius 1 is 1.00 bits per heavy atom. The smallest absolute Gasteiger partial charge is 0.129 e. The molecule has 0 saturated carbocycles. The number of hydrogen-bond acceptors (Lipinski definition) is 2. The molecule has 1 aromatic carbocycles. The number of rotatable bonds is 4. The summed E-state index contributed by atoms with van der Waals surface area (Å²) < 4.78 is 5.38. The van der Waals surface area contributed by atoms with Gasteiger partial charge < -0.3 is 4.74 Å². The summed E-state index contributed by atoms with van der Waals surface area (Å²) >= 11 is 0. The van der Waals surface area contributed by atoms with Crippen LogP contribution in [0, 0.1) is 0 Å². The first-order valence-electron chi connectivity index (χ1n) is 5.18. The van der Waals surface area contributed by atoms with Crippen molar-refractivity contribution in [2.45, 2.75) is 6.61 Å². The van der Waals surface area contributed by atoms with Crippen molar-refractivity contribution < 1.29 is 4.74 Å². The van der Waals surface area contributed by atoms with E-state index in [9.17, 15) is 0 Å². The first kappa shape index (κ1) is 10.4. The van der Waals surface area contributed by atoms with Gasteiger partial charge in [0.1, 0.15) is 6.61 Å². The van der Waals surface area contributed by atoms with Crippen LogP contribution in [0.15, 0.2) is 61.0 Å². The van der Waals surface area contributed by atoms with Crippen molar-refractivity contribution in [1.29, 1.82) is 0 Å². The molecular weight excluding hydrogens is 198 g/mol. The Labute approximate surface area is 95.2 Å². The third kappa shape index (κ3) is 3.24. The Balaban J connectivity index is 1.83. The van der Waals surface area contributed by atoms with Crippen LogP contribution >= 0.6 is 0 Å². The van der Waals surface area contributed by atoms with E-state index in [1.54, 1.807) is 12.5 Å². The standard InChI is InChI=1S/C14H13NO/c1-2-6-13(7-3-1)9-11-16-12-14-8-4-5-10-15-14/h1-11H,12H2/b11-9+. The molecular formula is C14H13NO. The van der Waals surface area contributed by atoms with E-state index >= 15 is 0 Å². The highest BCUT2D eigenvalue weighted by molar-refractivity contribution is 5.47. The molecule has 0 saturated heterocycles. The Morgan fingerprint density at radius 3 is 2.56 bits per heavy atom. The molecule has 0 unspecified atom stereocenters. The van der Waals surface area contributed by atoms with Crippen LogP contribution in [0.2, 0.25) is 0 Å². The van der Waals surface area contributed by atoms with Crippen molar-refractivity contribution in [3.8, 4) is 0 Å². The molecule has 0 atom stereocenters. The SMILES string of the molecule is C(=C\c1ccccc1)/OCc1ccccn1. The van der Waals surface area contributed by atoms with Gasteiger partial charge in [0, 0.05) is 6.20 Å². The van der Waals surface area contributed by atoms with Crippen LogP contribution < -0.4 is 0 Å². The number of aromatic nitrogens is 1. The average Bonchev–Trinajstić information content (AvgIpc) is 2.37. The fourth-order valence-electron chi connectivity index (χ4n) is 1.31. The fourth-order valence-corrected chi connectivity index (χ4v) is 1.31. The van der Waals surface area contributed by atoms with Crippen molar-refractivity contribution in [2.75, 3.05) is 0 Å². The molecule has 0 aliphatic rings. The zero-order chi connectivity index (χ0) is 11.1. The molecule has 80 valence electrons. The molecule has 0 N–H and O–H groups in total. The number of hydrogen-bond donors (Lipinski definition) is 0. The van der Waals surface area contributed by atoms with Crippen LogP contribution in [0.3, 0.4) is 0 Å². The summed E-state index contributed by atoms with van der Waals surface area (Å²) in [6, 6.07) is 15.8. The predicted octanol–water partition coefficient (Wildman–Crippen LogP) is 3.27. The van der Waals surface area contributed by atoms with Gasteiger partial charge in [-0.3, -0.25) is 4.98 Å². The quantitative estimate of drug-likeness (QED) is 0.724. The third-order valence-corrected chi connectivity index (χ3v) is 2.11. The summed E-state index contributed by atoms with van der Waals surface area (Å²) in [7, 11) is 0. The van der Waals surface area contributed by atoms with Crippen molar-refractivity contribution in [3.63, 3.8) is 0 Å². The van der Waals surface area contributed by atoms with Gasteiger partial charge in [-0.05, 0) is 23.8 Å². The highest BCUT2D eigenvalue weighted by atomic mass is 16.5. The topological polar surface area (TPSA) is 22.1 Å². The molecule has 0 aliphatic carbocycles. The van der Waals surface area contributed by atoms with E-state index in [1.165, 1.54) is 0 Å². The molecule has 0 spiro atoms. The molecule has 2 aromatic rings. The maximum absolute atomic E-state index is 5.38. The van der Waals surface area contributed by atoms with Gasteiger partial charge in [0.15, 0.2) is 0 Å². The number of nitrogens with zero attached hydrogens (tertiary/aromatic N) is 1. The van der Waals surface area contributed by atoms with Gasteiger partial charge in [0.05, 0.1) is 12.0 Å². The van der Waals surface area contributed by atoms with Crippen molar-refractivity contribution >= 4 is 6.08 Å². The first-order chi connectivity index (χ1) is 7.95. The fraction of sp³-hybridized carbons (Fsp3) is 0.0714. The summed E-state index contributed by atoms with van der Waals surface area (Å²) in [4.78, 5) is 4.16. The highest BCUT2D eigenvalue weighted by Gasteiger charge is 1.89. The normalized spacial score (nSPS) is 10.5. The van der Waals surface area contributed by atoms with E-state index in [2.05, 4.69) is 4.98 Å². The molecule has 0 fully saturated rings. The van der Waals surface area contributed by atoms with E-state index in [-0.39, 0.29) is 0 Å². The number of ether oxygens (including phenoxy) is 1. The molecule has 16 heavy (non-hydrogen) atoms. The van der Waals surface area contributed by atoms with Gasteiger partial charge in [-0.25, -0.2) is 0 Å². The van der Waals surface area contributed by atoms with E-state index in [0.29, 0.717) is 6.61 Å². The van der Waals surface area contributed by atoms with Crippen LogP contribution in [-0.2, 0) is 11.3 Å². The Hall–Kier alpha value is -2.09. The van der Waals surface area contributed by atoms with Crippen molar-refractivity contribution in [3.05, 3.63) is 72.2 Å². The van der Waals surface area contributed by atoms with Gasteiger partial charge in [0.25, 0.3) is 0 Å². The van der Waals surface area contributed by atoms with Gasteiger partial charge in [-0.15, -0.1) is 0 Å². The molecule has 1 heterocycles. The lowest BCUT2D eigenvalue weighted by Crippen LogP contribution is -1.89. The number of pyridine rings is 1. The van der Waals surface area contributed by atoms with Crippen LogP contribution in [0.4, 0.5) is 0 Å². The minimum atomic E-state index is 0.504. The zero-order valence-electron chi connectivity index (χ0n) is 8.91. The largest absolute Gasteiger partial charge is 0.495 e. The first-order valence-corrected chi connectivity index (χ1v) is 5.18. The minimum Gasteiger partial charge on any atom is -0.495 e. The zero-order valence-corrected chi connectivity index (χ0v) is 8.91. The van der Waals surface area contributed by atoms with Crippen LogP contribution in [0.25, 0.3) is 6.08 Å². The summed E-state index contributed by atoms with van der Waals surface area (Å²) in [6.07, 6.45) is 5.40. The van der Waals surface area contributed by atoms with Crippen molar-refractivity contribution in [1.82, 2.24) is 4.98 Å². The summed E-state index contributed by atoms with van der Waals surface area (Å²) in [5.41, 5.74) is 2.06. The third-order valence-electron chi connectivity index (χ3n) is 2.11. The molecule has 2 rings (SSSR count). The second-order valence-corrected chi connectivity index (χ2v) is 3.35. The Morgan fingerprint density at radius 2 is 1.81 bits per heavy atom. The lowest BCUT2D eigenvalue weighted by atomic mass is 10.2. The second-order valence-electron chi connectivity index (χ2n) is 3.35. The summed E-state index contributed by atoms with van der Waals surface area (Å²) in [5, 5.41) is 0. The predicted molar refractivity (Wildman–Crippen MR) is 64.5 cm³/mol. The van der Waals surface area contributed by atoms with Gasteiger partial charge in [0.2, 0.25) is 0 Å². The van der Waals surface area contributed by atoms with Crippen LogP contribution in [-0.4, -0.2) is 4.98 Å². The highest BCUT2D eigenvalue weighted by Crippen LogP contribution is 2.02. The minimum absolute atomic E-state index is 0.504. The van der Waals surface area contributed by atoms with E-state index in [0.717, 1.165) is 11.3 Å². The Kier molecular flexibility index (Phi) is 3.72. The summed E-state index contributed by atoms with van der Waals surface area (Å²) in [5.74, 6) is 0. The van der Waals surface area contributed by atoms with Crippen LogP contribution in [0.1, 0.15) is 11.3 Å². The lowest BCUT2D eigenvalue weighted by molar-refractivity contribution is 0.235. The van der Waals surface area contributed by atoms with Crippen molar-refractivity contribution in [2.24, 2.45) is 0 Å². The molecule has 0 amide bonds. The molecule has 2 heteroatoms. The van der Waals surface area contributed by atoms with Crippen LogP contribution in [0.5, 0.6) is 0 Å². The van der Waals surface area contributed by atoms with E-state index in [4.69, 9.17) is 4.74 Å². The average molecular weight is 211 g/mol. The maximum Gasteiger partial charge on any atom is 0.129 e. The molecule has 2 nitrogen and oxygen atoms in total. The number of benzene rings is 1. The second kappa shape index (κ2) is 5.71.